The van der Waals surface area contributed by atoms with E-state index in [4.69, 9.17) is 4.84 Å². The molecule has 1 saturated heterocycles. The second-order valence-corrected chi connectivity index (χ2v) is 6.87. The molecule has 0 spiro atoms. The van der Waals surface area contributed by atoms with E-state index in [1.807, 2.05) is 6.07 Å². The van der Waals surface area contributed by atoms with Crippen LogP contribution in [0, 0.1) is 0 Å². The van der Waals surface area contributed by atoms with Crippen molar-refractivity contribution in [2.45, 2.75) is 25.8 Å². The number of hydrogen-bond donors (Lipinski definition) is 0. The van der Waals surface area contributed by atoms with Crippen LogP contribution < -0.4 is 0 Å². The summed E-state index contributed by atoms with van der Waals surface area (Å²) in [5, 5.41) is 0.546. The Morgan fingerprint density at radius 2 is 1.56 bits per heavy atom. The number of carbonyl (C=O) groups excluding carboxylic acids is 3. The summed E-state index contributed by atoms with van der Waals surface area (Å²) in [4.78, 5) is 44.6. The average molecular weight is 364 g/mol. The predicted molar refractivity (Wildman–Crippen MR) is 97.9 cm³/mol. The zero-order valence-electron chi connectivity index (χ0n) is 14.9. The van der Waals surface area contributed by atoms with Crippen LogP contribution in [-0.2, 0) is 11.4 Å². The fourth-order valence-corrected chi connectivity index (χ4v) is 3.56. The Morgan fingerprint density at radius 3 is 2.22 bits per heavy atom. The SMILES string of the molecule is O=C(ON1C(=O)c2ccccc2C1=O)c1cccc(CN2CCCCC2)c1. The van der Waals surface area contributed by atoms with Crippen LogP contribution >= 0.6 is 0 Å². The van der Waals surface area contributed by atoms with Gasteiger partial charge in [0.2, 0.25) is 0 Å². The van der Waals surface area contributed by atoms with Gasteiger partial charge in [-0.15, -0.1) is 0 Å². The summed E-state index contributed by atoms with van der Waals surface area (Å²) in [5.41, 5.74) is 1.82. The van der Waals surface area contributed by atoms with Crippen LogP contribution in [0.5, 0.6) is 0 Å². The van der Waals surface area contributed by atoms with Crippen molar-refractivity contribution < 1.29 is 19.2 Å². The molecule has 0 radical (unpaired) electrons. The van der Waals surface area contributed by atoms with Crippen molar-refractivity contribution in [3.05, 3.63) is 70.8 Å². The smallest absolute Gasteiger partial charge is 0.324 e. The second-order valence-electron chi connectivity index (χ2n) is 6.87. The molecule has 0 saturated carbocycles. The van der Waals surface area contributed by atoms with E-state index in [1.54, 1.807) is 42.5 Å². The van der Waals surface area contributed by atoms with Crippen molar-refractivity contribution in [1.29, 1.82) is 0 Å². The van der Waals surface area contributed by atoms with Gasteiger partial charge in [0.1, 0.15) is 0 Å². The lowest BCUT2D eigenvalue weighted by Crippen LogP contribution is -2.32. The van der Waals surface area contributed by atoms with Crippen LogP contribution in [0.25, 0.3) is 0 Å². The number of likely N-dealkylation sites (tertiary alicyclic amines) is 1. The highest BCUT2D eigenvalue weighted by Gasteiger charge is 2.38. The Balaban J connectivity index is 1.47. The van der Waals surface area contributed by atoms with Crippen LogP contribution in [0.1, 0.15) is 55.9 Å². The molecule has 0 unspecified atom stereocenters. The largest absolute Gasteiger partial charge is 0.363 e. The third-order valence-electron chi connectivity index (χ3n) is 4.95. The van der Waals surface area contributed by atoms with Gasteiger partial charge in [0.25, 0.3) is 11.8 Å². The first-order valence-corrected chi connectivity index (χ1v) is 9.15. The second kappa shape index (κ2) is 7.32. The molecule has 6 heteroatoms. The van der Waals surface area contributed by atoms with Gasteiger partial charge in [0.05, 0.1) is 16.7 Å². The Bertz CT molecular complexity index is 868. The first kappa shape index (κ1) is 17.4. The summed E-state index contributed by atoms with van der Waals surface area (Å²) < 4.78 is 0. The van der Waals surface area contributed by atoms with Gasteiger partial charge in [0.15, 0.2) is 0 Å². The normalized spacial score (nSPS) is 17.1. The number of hydrogen-bond acceptors (Lipinski definition) is 5. The molecule has 2 aromatic carbocycles. The molecular weight excluding hydrogens is 344 g/mol. The molecule has 0 N–H and O–H groups in total. The molecule has 2 aromatic rings. The predicted octanol–water partition coefficient (Wildman–Crippen LogP) is 3.04. The van der Waals surface area contributed by atoms with Gasteiger partial charge in [-0.25, -0.2) is 4.79 Å². The van der Waals surface area contributed by atoms with Crippen molar-refractivity contribution in [1.82, 2.24) is 9.96 Å². The van der Waals surface area contributed by atoms with Gasteiger partial charge >= 0.3 is 5.97 Å². The molecule has 2 amide bonds. The summed E-state index contributed by atoms with van der Waals surface area (Å²) in [7, 11) is 0. The summed E-state index contributed by atoms with van der Waals surface area (Å²) in [6.45, 7) is 2.89. The molecule has 6 nitrogen and oxygen atoms in total. The quantitative estimate of drug-likeness (QED) is 0.780. The standard InChI is InChI=1S/C21H20N2O4/c24-19-17-9-2-3-10-18(17)20(25)23(19)27-21(26)16-8-6-7-15(13-16)14-22-11-4-1-5-12-22/h2-3,6-10,13H,1,4-5,11-12,14H2. The summed E-state index contributed by atoms with van der Waals surface area (Å²) >= 11 is 0. The van der Waals surface area contributed by atoms with Gasteiger partial charge in [-0.05, 0) is 55.8 Å². The molecule has 0 aliphatic carbocycles. The number of carbonyl (C=O) groups is 3. The first-order valence-electron chi connectivity index (χ1n) is 9.15. The lowest BCUT2D eigenvalue weighted by atomic mass is 10.1. The highest BCUT2D eigenvalue weighted by Crippen LogP contribution is 2.23. The number of rotatable bonds is 4. The van der Waals surface area contributed by atoms with Crippen LogP contribution in [0.2, 0.25) is 0 Å². The van der Waals surface area contributed by atoms with E-state index in [0.29, 0.717) is 10.6 Å². The maximum absolute atomic E-state index is 12.5. The van der Waals surface area contributed by atoms with E-state index in [1.165, 1.54) is 19.3 Å². The van der Waals surface area contributed by atoms with E-state index in [-0.39, 0.29) is 11.1 Å². The zero-order chi connectivity index (χ0) is 18.8. The third kappa shape index (κ3) is 3.48. The molecule has 0 bridgehead atoms. The van der Waals surface area contributed by atoms with Crippen molar-refractivity contribution in [3.8, 4) is 0 Å². The highest BCUT2D eigenvalue weighted by molar-refractivity contribution is 6.21. The van der Waals surface area contributed by atoms with E-state index in [2.05, 4.69) is 4.90 Å². The number of amides is 2. The highest BCUT2D eigenvalue weighted by atomic mass is 16.7. The van der Waals surface area contributed by atoms with Crippen LogP contribution in [0.15, 0.2) is 48.5 Å². The molecule has 1 fully saturated rings. The lowest BCUT2D eigenvalue weighted by Gasteiger charge is -2.26. The minimum Gasteiger partial charge on any atom is -0.324 e. The fourth-order valence-electron chi connectivity index (χ4n) is 3.56. The summed E-state index contributed by atoms with van der Waals surface area (Å²) in [6, 6.07) is 13.6. The number of hydroxylamine groups is 2. The van der Waals surface area contributed by atoms with E-state index < -0.39 is 17.8 Å². The number of benzene rings is 2. The minimum atomic E-state index is -0.718. The number of piperidine rings is 1. The number of imide groups is 1. The summed E-state index contributed by atoms with van der Waals surface area (Å²) in [6.07, 6.45) is 3.66. The molecule has 2 aliphatic heterocycles. The zero-order valence-corrected chi connectivity index (χ0v) is 14.9. The first-order chi connectivity index (χ1) is 13.1. The van der Waals surface area contributed by atoms with Crippen molar-refractivity contribution in [2.75, 3.05) is 13.1 Å². The van der Waals surface area contributed by atoms with Gasteiger partial charge in [-0.2, -0.15) is 0 Å². The van der Waals surface area contributed by atoms with Crippen molar-refractivity contribution in [3.63, 3.8) is 0 Å². The third-order valence-corrected chi connectivity index (χ3v) is 4.95. The Morgan fingerprint density at radius 1 is 0.889 bits per heavy atom. The topological polar surface area (TPSA) is 66.9 Å². The number of fused-ring (bicyclic) bond motifs is 1. The van der Waals surface area contributed by atoms with Crippen LogP contribution in [0.4, 0.5) is 0 Å². The van der Waals surface area contributed by atoms with Crippen molar-refractivity contribution >= 4 is 17.8 Å². The molecule has 138 valence electrons. The number of nitrogens with zero attached hydrogens (tertiary/aromatic N) is 2. The van der Waals surface area contributed by atoms with Crippen LogP contribution in [-0.4, -0.2) is 40.8 Å². The van der Waals surface area contributed by atoms with Gasteiger partial charge in [-0.3, -0.25) is 14.5 Å². The maximum atomic E-state index is 12.5. The lowest BCUT2D eigenvalue weighted by molar-refractivity contribution is -0.0584. The molecule has 27 heavy (non-hydrogen) atoms. The molecular formula is C21H20N2O4. The average Bonchev–Trinajstić information content (AvgIpc) is 2.94. The molecule has 0 atom stereocenters. The monoisotopic (exact) mass is 364 g/mol. The Kier molecular flexibility index (Phi) is 4.73. The molecule has 2 heterocycles. The molecule has 0 aromatic heterocycles. The molecule has 2 aliphatic rings. The fraction of sp³-hybridized carbons (Fsp3) is 0.286. The summed E-state index contributed by atoms with van der Waals surface area (Å²) in [5.74, 6) is -1.95. The van der Waals surface area contributed by atoms with E-state index >= 15 is 0 Å². The Labute approximate surface area is 157 Å². The minimum absolute atomic E-state index is 0.245. The molecule has 4 rings (SSSR count). The van der Waals surface area contributed by atoms with E-state index in [9.17, 15) is 14.4 Å². The van der Waals surface area contributed by atoms with Crippen LogP contribution in [0.3, 0.4) is 0 Å². The van der Waals surface area contributed by atoms with Gasteiger partial charge in [0, 0.05) is 6.54 Å². The van der Waals surface area contributed by atoms with Crippen molar-refractivity contribution in [2.24, 2.45) is 0 Å². The van der Waals surface area contributed by atoms with Gasteiger partial charge in [-0.1, -0.05) is 35.7 Å². The van der Waals surface area contributed by atoms with E-state index in [0.717, 1.165) is 25.2 Å². The van der Waals surface area contributed by atoms with Gasteiger partial charge < -0.3 is 4.84 Å². The Hall–Kier alpha value is -2.99. The maximum Gasteiger partial charge on any atom is 0.363 e.